The molecule has 1 N–H and O–H groups in total. The molecule has 1 atom stereocenters. The van der Waals surface area contributed by atoms with E-state index in [1.807, 2.05) is 0 Å². The van der Waals surface area contributed by atoms with Gasteiger partial charge in [-0.05, 0) is 30.8 Å². The van der Waals surface area contributed by atoms with Crippen LogP contribution >= 0.6 is 0 Å². The van der Waals surface area contributed by atoms with Crippen molar-refractivity contribution in [3.8, 4) is 0 Å². The van der Waals surface area contributed by atoms with Gasteiger partial charge in [0.15, 0.2) is 0 Å². The molecular weight excluding hydrogens is 194 g/mol. The first-order valence-corrected chi connectivity index (χ1v) is 7.19. The fourth-order valence-corrected chi connectivity index (χ4v) is 1.66. The summed E-state index contributed by atoms with van der Waals surface area (Å²) in [6, 6.07) is 0. The van der Waals surface area contributed by atoms with Gasteiger partial charge in [-0.15, -0.1) is 0 Å². The molecule has 0 fully saturated rings. The van der Waals surface area contributed by atoms with Crippen LogP contribution in [0.2, 0.25) is 0 Å². The van der Waals surface area contributed by atoms with E-state index in [4.69, 9.17) is 0 Å². The molecule has 0 aromatic carbocycles. The zero-order chi connectivity index (χ0) is 12.4. The lowest BCUT2D eigenvalue weighted by Crippen LogP contribution is -2.30. The maximum Gasteiger partial charge on any atom is -0.00182 e. The average molecular weight is 227 g/mol. The molecule has 0 spiro atoms. The van der Waals surface area contributed by atoms with Gasteiger partial charge in [-0.25, -0.2) is 0 Å². The Balaban J connectivity index is 3.21. The summed E-state index contributed by atoms with van der Waals surface area (Å²) >= 11 is 0. The SMILES string of the molecule is CCCCCCCCNCC(C)C(C)(C)C. The number of hydrogen-bond donors (Lipinski definition) is 1. The second-order valence-corrected chi connectivity index (χ2v) is 6.24. The molecule has 0 bridgehead atoms. The molecule has 0 amide bonds. The lowest BCUT2D eigenvalue weighted by Gasteiger charge is -2.27. The maximum atomic E-state index is 3.58. The van der Waals surface area contributed by atoms with E-state index in [9.17, 15) is 0 Å². The number of rotatable bonds is 9. The van der Waals surface area contributed by atoms with Crippen molar-refractivity contribution in [2.75, 3.05) is 13.1 Å². The summed E-state index contributed by atoms with van der Waals surface area (Å²) in [6.07, 6.45) is 8.35. The first-order valence-electron chi connectivity index (χ1n) is 7.19. The van der Waals surface area contributed by atoms with Gasteiger partial charge in [0.2, 0.25) is 0 Å². The third-order valence-electron chi connectivity index (χ3n) is 3.64. The molecule has 0 aliphatic rings. The summed E-state index contributed by atoms with van der Waals surface area (Å²) < 4.78 is 0. The number of unbranched alkanes of at least 4 members (excludes halogenated alkanes) is 5. The van der Waals surface area contributed by atoms with Crippen molar-refractivity contribution in [2.45, 2.75) is 73.1 Å². The lowest BCUT2D eigenvalue weighted by molar-refractivity contribution is 0.253. The molecule has 0 radical (unpaired) electrons. The van der Waals surface area contributed by atoms with E-state index in [0.717, 1.165) is 5.92 Å². The van der Waals surface area contributed by atoms with Crippen LogP contribution in [-0.2, 0) is 0 Å². The first-order chi connectivity index (χ1) is 7.48. The van der Waals surface area contributed by atoms with Crippen molar-refractivity contribution in [3.63, 3.8) is 0 Å². The standard InChI is InChI=1S/C15H33N/c1-6-7-8-9-10-11-12-16-13-14(2)15(3,4)5/h14,16H,6-13H2,1-5H3. The summed E-state index contributed by atoms with van der Waals surface area (Å²) in [6.45, 7) is 14.0. The second kappa shape index (κ2) is 9.04. The molecule has 98 valence electrons. The predicted molar refractivity (Wildman–Crippen MR) is 74.9 cm³/mol. The van der Waals surface area contributed by atoms with Gasteiger partial charge in [0.1, 0.15) is 0 Å². The van der Waals surface area contributed by atoms with Crippen molar-refractivity contribution in [3.05, 3.63) is 0 Å². The normalized spacial score (nSPS) is 14.1. The lowest BCUT2D eigenvalue weighted by atomic mass is 9.82. The topological polar surface area (TPSA) is 12.0 Å². The van der Waals surface area contributed by atoms with Crippen molar-refractivity contribution in [1.82, 2.24) is 5.32 Å². The van der Waals surface area contributed by atoms with Crippen LogP contribution in [0.15, 0.2) is 0 Å². The van der Waals surface area contributed by atoms with Gasteiger partial charge >= 0.3 is 0 Å². The number of nitrogens with one attached hydrogen (secondary N) is 1. The minimum atomic E-state index is 0.439. The Morgan fingerprint density at radius 2 is 1.50 bits per heavy atom. The molecule has 16 heavy (non-hydrogen) atoms. The van der Waals surface area contributed by atoms with Crippen LogP contribution in [0.5, 0.6) is 0 Å². The average Bonchev–Trinajstić information content (AvgIpc) is 2.20. The molecule has 1 heteroatoms. The van der Waals surface area contributed by atoms with Gasteiger partial charge in [0, 0.05) is 0 Å². The third kappa shape index (κ3) is 9.21. The summed E-state index contributed by atoms with van der Waals surface area (Å²) in [5.74, 6) is 0.757. The van der Waals surface area contributed by atoms with Gasteiger partial charge in [-0.1, -0.05) is 66.7 Å². The molecule has 0 saturated carbocycles. The minimum absolute atomic E-state index is 0.439. The van der Waals surface area contributed by atoms with E-state index in [1.165, 1.54) is 51.6 Å². The predicted octanol–water partition coefficient (Wildman–Crippen LogP) is 4.62. The molecule has 0 rings (SSSR count). The van der Waals surface area contributed by atoms with Gasteiger partial charge in [0.25, 0.3) is 0 Å². The molecule has 0 aliphatic carbocycles. The van der Waals surface area contributed by atoms with Crippen molar-refractivity contribution in [2.24, 2.45) is 11.3 Å². The van der Waals surface area contributed by atoms with Gasteiger partial charge in [-0.2, -0.15) is 0 Å². The van der Waals surface area contributed by atoms with E-state index in [2.05, 4.69) is 39.9 Å². The molecule has 0 aromatic heterocycles. The van der Waals surface area contributed by atoms with Crippen LogP contribution in [0.25, 0.3) is 0 Å². The minimum Gasteiger partial charge on any atom is -0.316 e. The molecule has 0 saturated heterocycles. The zero-order valence-electron chi connectivity index (χ0n) is 12.2. The van der Waals surface area contributed by atoms with Crippen LogP contribution in [-0.4, -0.2) is 13.1 Å². The molecule has 0 aliphatic heterocycles. The highest BCUT2D eigenvalue weighted by atomic mass is 14.9. The van der Waals surface area contributed by atoms with E-state index in [1.54, 1.807) is 0 Å². The molecular formula is C15H33N. The van der Waals surface area contributed by atoms with Crippen molar-refractivity contribution < 1.29 is 0 Å². The Labute approximate surface area is 103 Å². The highest BCUT2D eigenvalue weighted by Crippen LogP contribution is 2.24. The smallest absolute Gasteiger partial charge is 0.00182 e. The Kier molecular flexibility index (Phi) is 9.02. The van der Waals surface area contributed by atoms with Crippen LogP contribution in [0.3, 0.4) is 0 Å². The van der Waals surface area contributed by atoms with Gasteiger partial charge in [-0.3, -0.25) is 0 Å². The Hall–Kier alpha value is -0.0400. The molecule has 0 heterocycles. The molecule has 1 unspecified atom stereocenters. The van der Waals surface area contributed by atoms with Crippen LogP contribution in [0.1, 0.15) is 73.1 Å². The van der Waals surface area contributed by atoms with E-state index in [0.29, 0.717) is 5.41 Å². The Morgan fingerprint density at radius 1 is 0.938 bits per heavy atom. The van der Waals surface area contributed by atoms with Crippen LogP contribution in [0.4, 0.5) is 0 Å². The summed E-state index contributed by atoms with van der Waals surface area (Å²) in [4.78, 5) is 0. The fraction of sp³-hybridized carbons (Fsp3) is 1.00. The molecule has 0 aromatic rings. The molecule has 1 nitrogen and oxygen atoms in total. The quantitative estimate of drug-likeness (QED) is 0.567. The Morgan fingerprint density at radius 3 is 2.06 bits per heavy atom. The monoisotopic (exact) mass is 227 g/mol. The number of hydrogen-bond acceptors (Lipinski definition) is 1. The van der Waals surface area contributed by atoms with Crippen molar-refractivity contribution in [1.29, 1.82) is 0 Å². The second-order valence-electron chi connectivity index (χ2n) is 6.24. The first kappa shape index (κ1) is 16.0. The van der Waals surface area contributed by atoms with Crippen LogP contribution < -0.4 is 5.32 Å². The van der Waals surface area contributed by atoms with Gasteiger partial charge < -0.3 is 5.32 Å². The van der Waals surface area contributed by atoms with Crippen molar-refractivity contribution >= 4 is 0 Å². The van der Waals surface area contributed by atoms with Gasteiger partial charge in [0.05, 0.1) is 0 Å². The largest absolute Gasteiger partial charge is 0.316 e. The Bertz CT molecular complexity index is 146. The van der Waals surface area contributed by atoms with Crippen LogP contribution in [0, 0.1) is 11.3 Å². The summed E-state index contributed by atoms with van der Waals surface area (Å²) in [5, 5.41) is 3.58. The summed E-state index contributed by atoms with van der Waals surface area (Å²) in [7, 11) is 0. The zero-order valence-corrected chi connectivity index (χ0v) is 12.2. The summed E-state index contributed by atoms with van der Waals surface area (Å²) in [5.41, 5.74) is 0.439. The van der Waals surface area contributed by atoms with E-state index < -0.39 is 0 Å². The van der Waals surface area contributed by atoms with E-state index >= 15 is 0 Å². The highest BCUT2D eigenvalue weighted by molar-refractivity contribution is 4.71. The fourth-order valence-electron chi connectivity index (χ4n) is 1.66. The maximum absolute atomic E-state index is 3.58. The third-order valence-corrected chi connectivity index (χ3v) is 3.64. The van der Waals surface area contributed by atoms with E-state index in [-0.39, 0.29) is 0 Å². The highest BCUT2D eigenvalue weighted by Gasteiger charge is 2.18.